The third kappa shape index (κ3) is 4.71. The van der Waals surface area contributed by atoms with Crippen LogP contribution >= 0.6 is 34.5 Å². The highest BCUT2D eigenvalue weighted by Gasteiger charge is 2.15. The summed E-state index contributed by atoms with van der Waals surface area (Å²) in [6, 6.07) is 10.2. The van der Waals surface area contributed by atoms with Crippen molar-refractivity contribution in [1.82, 2.24) is 19.5 Å². The topological polar surface area (TPSA) is 81.9 Å². The standard InChI is InChI=1S/C21H17Cl2N5O2S/c1-11-12(2)28(10-24-11)18-9-19(26-13(3)25-18)30-15-6-4-14(5-7-15)27-21(29)16-8-17(22)31-20(16)23/h4-10H,1-3H3,(H,27,29). The molecule has 0 aliphatic carbocycles. The number of benzene rings is 1. The number of nitrogens with zero attached hydrogens (tertiary/aromatic N) is 4. The largest absolute Gasteiger partial charge is 0.439 e. The predicted molar refractivity (Wildman–Crippen MR) is 122 cm³/mol. The smallest absolute Gasteiger partial charge is 0.258 e. The van der Waals surface area contributed by atoms with Crippen LogP contribution in [-0.2, 0) is 0 Å². The fraction of sp³-hybridized carbons (Fsp3) is 0.143. The lowest BCUT2D eigenvalue weighted by atomic mass is 10.2. The molecule has 0 unspecified atom stereocenters. The lowest BCUT2D eigenvalue weighted by Crippen LogP contribution is -2.11. The highest BCUT2D eigenvalue weighted by Crippen LogP contribution is 2.32. The van der Waals surface area contributed by atoms with Gasteiger partial charge in [0.25, 0.3) is 5.91 Å². The van der Waals surface area contributed by atoms with Gasteiger partial charge in [-0.3, -0.25) is 9.36 Å². The van der Waals surface area contributed by atoms with Gasteiger partial charge < -0.3 is 10.1 Å². The van der Waals surface area contributed by atoms with Crippen LogP contribution in [0.15, 0.2) is 42.7 Å². The van der Waals surface area contributed by atoms with Gasteiger partial charge in [0, 0.05) is 17.4 Å². The number of rotatable bonds is 5. The minimum Gasteiger partial charge on any atom is -0.439 e. The molecule has 7 nitrogen and oxygen atoms in total. The Morgan fingerprint density at radius 3 is 2.45 bits per heavy atom. The van der Waals surface area contributed by atoms with E-state index < -0.39 is 0 Å². The van der Waals surface area contributed by atoms with E-state index in [1.807, 2.05) is 18.4 Å². The van der Waals surface area contributed by atoms with Gasteiger partial charge in [-0.05, 0) is 51.1 Å². The van der Waals surface area contributed by atoms with Crippen LogP contribution in [0.4, 0.5) is 5.69 Å². The Bertz CT molecular complexity index is 1270. The first-order valence-electron chi connectivity index (χ1n) is 9.21. The van der Waals surface area contributed by atoms with E-state index in [0.29, 0.717) is 43.2 Å². The Hall–Kier alpha value is -2.94. The molecule has 0 saturated carbocycles. The van der Waals surface area contributed by atoms with Crippen molar-refractivity contribution in [3.05, 3.63) is 74.2 Å². The van der Waals surface area contributed by atoms with E-state index in [1.54, 1.807) is 49.6 Å². The van der Waals surface area contributed by atoms with Crippen molar-refractivity contribution in [3.63, 3.8) is 0 Å². The van der Waals surface area contributed by atoms with Gasteiger partial charge in [-0.2, -0.15) is 4.98 Å². The highest BCUT2D eigenvalue weighted by molar-refractivity contribution is 7.20. The fourth-order valence-electron chi connectivity index (χ4n) is 2.85. The minimum atomic E-state index is -0.330. The molecule has 10 heteroatoms. The van der Waals surface area contributed by atoms with Crippen LogP contribution in [0.3, 0.4) is 0 Å². The molecular weight excluding hydrogens is 457 g/mol. The average molecular weight is 474 g/mol. The van der Waals surface area contributed by atoms with E-state index in [2.05, 4.69) is 20.3 Å². The first-order valence-corrected chi connectivity index (χ1v) is 10.8. The molecule has 1 amide bonds. The number of carbonyl (C=O) groups is 1. The second-order valence-corrected chi connectivity index (χ2v) is 9.00. The summed E-state index contributed by atoms with van der Waals surface area (Å²) in [7, 11) is 0. The predicted octanol–water partition coefficient (Wildman–Crippen LogP) is 6.00. The van der Waals surface area contributed by atoms with E-state index in [1.165, 1.54) is 0 Å². The molecule has 0 spiro atoms. The van der Waals surface area contributed by atoms with Crippen molar-refractivity contribution in [2.24, 2.45) is 0 Å². The summed E-state index contributed by atoms with van der Waals surface area (Å²) < 4.78 is 8.59. The quantitative estimate of drug-likeness (QED) is 0.384. The van der Waals surface area contributed by atoms with Crippen LogP contribution in [-0.4, -0.2) is 25.4 Å². The molecule has 0 saturated heterocycles. The summed E-state index contributed by atoms with van der Waals surface area (Å²) in [5, 5.41) is 2.78. The number of thiophene rings is 1. The van der Waals surface area contributed by atoms with Crippen LogP contribution in [0.1, 0.15) is 27.6 Å². The lowest BCUT2D eigenvalue weighted by molar-refractivity contribution is 0.102. The van der Waals surface area contributed by atoms with E-state index >= 15 is 0 Å². The first kappa shape index (κ1) is 21.3. The van der Waals surface area contributed by atoms with E-state index in [4.69, 9.17) is 27.9 Å². The second-order valence-electron chi connectivity index (χ2n) is 6.72. The number of aromatic nitrogens is 4. The number of imidazole rings is 1. The Kier molecular flexibility index (Phi) is 5.95. The molecule has 1 N–H and O–H groups in total. The Balaban J connectivity index is 1.50. The van der Waals surface area contributed by atoms with Crippen molar-refractivity contribution < 1.29 is 9.53 Å². The Labute approximate surface area is 192 Å². The van der Waals surface area contributed by atoms with Gasteiger partial charge in [0.15, 0.2) is 0 Å². The number of hydrogen-bond donors (Lipinski definition) is 1. The van der Waals surface area contributed by atoms with Crippen LogP contribution < -0.4 is 10.1 Å². The van der Waals surface area contributed by atoms with Gasteiger partial charge in [-0.25, -0.2) is 9.97 Å². The number of halogens is 2. The Morgan fingerprint density at radius 2 is 1.84 bits per heavy atom. The number of amides is 1. The molecule has 0 aliphatic rings. The first-order chi connectivity index (χ1) is 14.8. The number of carbonyl (C=O) groups excluding carboxylic acids is 1. The molecule has 0 bridgehead atoms. The molecule has 3 heterocycles. The molecule has 0 fully saturated rings. The van der Waals surface area contributed by atoms with E-state index in [9.17, 15) is 4.79 Å². The molecule has 0 atom stereocenters. The lowest BCUT2D eigenvalue weighted by Gasteiger charge is -2.10. The maximum atomic E-state index is 12.4. The van der Waals surface area contributed by atoms with E-state index in [0.717, 1.165) is 22.7 Å². The summed E-state index contributed by atoms with van der Waals surface area (Å²) in [5.41, 5.74) is 2.87. The van der Waals surface area contributed by atoms with Crippen molar-refractivity contribution in [3.8, 4) is 17.4 Å². The van der Waals surface area contributed by atoms with E-state index in [-0.39, 0.29) is 5.91 Å². The van der Waals surface area contributed by atoms with Crippen molar-refractivity contribution in [2.75, 3.05) is 5.32 Å². The molecule has 158 valence electrons. The maximum Gasteiger partial charge on any atom is 0.258 e. The van der Waals surface area contributed by atoms with Crippen LogP contribution in [0, 0.1) is 20.8 Å². The van der Waals surface area contributed by atoms with Crippen molar-refractivity contribution in [2.45, 2.75) is 20.8 Å². The van der Waals surface area contributed by atoms with Crippen LogP contribution in [0.5, 0.6) is 11.6 Å². The number of anilines is 1. The Morgan fingerprint density at radius 1 is 1.10 bits per heavy atom. The summed E-state index contributed by atoms with van der Waals surface area (Å²) in [6.07, 6.45) is 1.72. The number of nitrogens with one attached hydrogen (secondary N) is 1. The monoisotopic (exact) mass is 473 g/mol. The summed E-state index contributed by atoms with van der Waals surface area (Å²) >= 11 is 13.1. The molecule has 4 rings (SSSR count). The second kappa shape index (κ2) is 8.66. The number of ether oxygens (including phenoxy) is 1. The third-order valence-electron chi connectivity index (χ3n) is 4.54. The minimum absolute atomic E-state index is 0.330. The van der Waals surface area contributed by atoms with Gasteiger partial charge in [0.2, 0.25) is 5.88 Å². The zero-order valence-electron chi connectivity index (χ0n) is 16.8. The van der Waals surface area contributed by atoms with Gasteiger partial charge >= 0.3 is 0 Å². The van der Waals surface area contributed by atoms with Crippen LogP contribution in [0.2, 0.25) is 8.67 Å². The summed E-state index contributed by atoms with van der Waals surface area (Å²) in [5.74, 6) is 1.90. The fourth-order valence-corrected chi connectivity index (χ4v) is 4.31. The SMILES string of the molecule is Cc1nc(Oc2ccc(NC(=O)c3cc(Cl)sc3Cl)cc2)cc(-n2cnc(C)c2C)n1. The molecule has 3 aromatic heterocycles. The van der Waals surface area contributed by atoms with Gasteiger partial charge in [0.1, 0.15) is 28.1 Å². The van der Waals surface area contributed by atoms with Gasteiger partial charge in [-0.15, -0.1) is 11.3 Å². The molecule has 0 aliphatic heterocycles. The molecule has 4 aromatic rings. The number of aryl methyl sites for hydroxylation is 2. The maximum absolute atomic E-state index is 12.4. The molecule has 31 heavy (non-hydrogen) atoms. The van der Waals surface area contributed by atoms with Crippen LogP contribution in [0.25, 0.3) is 5.82 Å². The molecule has 0 radical (unpaired) electrons. The zero-order chi connectivity index (χ0) is 22.1. The number of hydrogen-bond acceptors (Lipinski definition) is 6. The summed E-state index contributed by atoms with van der Waals surface area (Å²) in [4.78, 5) is 25.5. The normalized spacial score (nSPS) is 10.9. The van der Waals surface area contributed by atoms with Crippen molar-refractivity contribution in [1.29, 1.82) is 0 Å². The van der Waals surface area contributed by atoms with Gasteiger partial charge in [-0.1, -0.05) is 23.2 Å². The highest BCUT2D eigenvalue weighted by atomic mass is 35.5. The third-order valence-corrected chi connectivity index (χ3v) is 6.02. The average Bonchev–Trinajstić information content (AvgIpc) is 3.24. The van der Waals surface area contributed by atoms with Crippen molar-refractivity contribution >= 4 is 46.1 Å². The zero-order valence-corrected chi connectivity index (χ0v) is 19.1. The molecule has 1 aromatic carbocycles. The van der Waals surface area contributed by atoms with Gasteiger partial charge in [0.05, 0.1) is 15.6 Å². The summed E-state index contributed by atoms with van der Waals surface area (Å²) in [6.45, 7) is 5.72. The molecular formula is C21H17Cl2N5O2S.